The molecule has 0 aromatic heterocycles. The minimum atomic E-state index is -0.791. The predicted molar refractivity (Wildman–Crippen MR) is 46.2 cm³/mol. The van der Waals surface area contributed by atoms with Gasteiger partial charge in [-0.25, -0.2) is 0 Å². The Hall–Kier alpha value is -0.610. The van der Waals surface area contributed by atoms with Crippen molar-refractivity contribution in [1.82, 2.24) is 0 Å². The zero-order chi connectivity index (χ0) is 9.84. The molecule has 3 unspecified atom stereocenters. The lowest BCUT2D eigenvalue weighted by Crippen LogP contribution is -2.33. The van der Waals surface area contributed by atoms with Gasteiger partial charge in [-0.05, 0) is 31.6 Å². The quantitative estimate of drug-likeness (QED) is 0.598. The summed E-state index contributed by atoms with van der Waals surface area (Å²) < 4.78 is 0. The molecule has 1 fully saturated rings. The molecular formula is C9H16O4. The Kier molecular flexibility index (Phi) is 3.69. The van der Waals surface area contributed by atoms with Crippen LogP contribution in [-0.2, 0) is 4.79 Å². The molecule has 3 N–H and O–H groups in total. The van der Waals surface area contributed by atoms with Crippen molar-refractivity contribution in [3.05, 3.63) is 0 Å². The molecule has 1 saturated carbocycles. The van der Waals surface area contributed by atoms with E-state index < -0.39 is 18.2 Å². The minimum Gasteiger partial charge on any atom is -0.481 e. The third-order valence-electron chi connectivity index (χ3n) is 2.66. The number of carbonyl (C=O) groups is 1. The highest BCUT2D eigenvalue weighted by Gasteiger charge is 2.27. The second kappa shape index (κ2) is 4.58. The van der Waals surface area contributed by atoms with Gasteiger partial charge in [-0.1, -0.05) is 0 Å². The lowest BCUT2D eigenvalue weighted by molar-refractivity contribution is -0.137. The number of rotatable bonds is 3. The van der Waals surface area contributed by atoms with Crippen molar-refractivity contribution < 1.29 is 20.1 Å². The first-order valence-corrected chi connectivity index (χ1v) is 4.67. The highest BCUT2D eigenvalue weighted by Crippen LogP contribution is 2.27. The van der Waals surface area contributed by atoms with Gasteiger partial charge in [-0.3, -0.25) is 4.79 Å². The van der Waals surface area contributed by atoms with E-state index in [2.05, 4.69) is 0 Å². The van der Waals surface area contributed by atoms with E-state index in [9.17, 15) is 15.0 Å². The molecular weight excluding hydrogens is 172 g/mol. The maximum absolute atomic E-state index is 10.3. The predicted octanol–water partition coefficient (Wildman–Crippen LogP) is 0.373. The van der Waals surface area contributed by atoms with Crippen molar-refractivity contribution in [2.75, 3.05) is 0 Å². The molecule has 0 aromatic carbocycles. The fourth-order valence-electron chi connectivity index (χ4n) is 1.81. The van der Waals surface area contributed by atoms with Crippen LogP contribution in [0.2, 0.25) is 0 Å². The van der Waals surface area contributed by atoms with Crippen LogP contribution < -0.4 is 0 Å². The second-order valence-electron chi connectivity index (χ2n) is 3.75. The van der Waals surface area contributed by atoms with Crippen LogP contribution in [0, 0.1) is 5.92 Å². The van der Waals surface area contributed by atoms with Gasteiger partial charge in [0.2, 0.25) is 0 Å². The van der Waals surface area contributed by atoms with E-state index in [-0.39, 0.29) is 12.3 Å². The molecule has 0 bridgehead atoms. The Bertz CT molecular complexity index is 180. The van der Waals surface area contributed by atoms with Crippen LogP contribution in [0.15, 0.2) is 0 Å². The molecule has 1 rings (SSSR count). The molecule has 3 atom stereocenters. The summed E-state index contributed by atoms with van der Waals surface area (Å²) in [4.78, 5) is 10.3. The monoisotopic (exact) mass is 188 g/mol. The number of aliphatic hydroxyl groups is 2. The molecule has 0 amide bonds. The summed E-state index contributed by atoms with van der Waals surface area (Å²) in [5, 5.41) is 27.0. The molecule has 0 radical (unpaired) electrons. The smallest absolute Gasteiger partial charge is 0.303 e. The van der Waals surface area contributed by atoms with Gasteiger partial charge in [-0.15, -0.1) is 0 Å². The van der Waals surface area contributed by atoms with Crippen LogP contribution in [0.4, 0.5) is 0 Å². The maximum atomic E-state index is 10.3. The summed E-state index contributed by atoms with van der Waals surface area (Å²) in [5.74, 6) is -0.532. The molecule has 0 aliphatic heterocycles. The fourth-order valence-corrected chi connectivity index (χ4v) is 1.81. The van der Waals surface area contributed by atoms with Gasteiger partial charge in [0.05, 0.1) is 12.2 Å². The molecule has 13 heavy (non-hydrogen) atoms. The average molecular weight is 188 g/mol. The van der Waals surface area contributed by atoms with Gasteiger partial charge < -0.3 is 15.3 Å². The number of aliphatic hydroxyl groups excluding tert-OH is 2. The molecule has 1 aliphatic carbocycles. The molecule has 0 aromatic rings. The SMILES string of the molecule is O=C(O)CCC1CCC(O)C(O)C1. The first kappa shape index (κ1) is 10.5. The second-order valence-corrected chi connectivity index (χ2v) is 3.75. The fraction of sp³-hybridized carbons (Fsp3) is 0.889. The van der Waals surface area contributed by atoms with Crippen LogP contribution in [0.25, 0.3) is 0 Å². The Labute approximate surface area is 77.2 Å². The van der Waals surface area contributed by atoms with Crippen LogP contribution in [0.1, 0.15) is 32.1 Å². The zero-order valence-electron chi connectivity index (χ0n) is 7.52. The van der Waals surface area contributed by atoms with E-state index in [1.54, 1.807) is 0 Å². The van der Waals surface area contributed by atoms with Crippen LogP contribution in [0.5, 0.6) is 0 Å². The number of hydrogen-bond donors (Lipinski definition) is 3. The number of carboxylic acids is 1. The van der Waals surface area contributed by atoms with Gasteiger partial charge in [0.1, 0.15) is 0 Å². The molecule has 0 saturated heterocycles. The largest absolute Gasteiger partial charge is 0.481 e. The van der Waals surface area contributed by atoms with E-state index in [4.69, 9.17) is 5.11 Å². The molecule has 0 heterocycles. The number of hydrogen-bond acceptors (Lipinski definition) is 3. The average Bonchev–Trinajstić information content (AvgIpc) is 2.07. The van der Waals surface area contributed by atoms with Crippen molar-refractivity contribution in [2.45, 2.75) is 44.3 Å². The molecule has 1 aliphatic rings. The number of aliphatic carboxylic acids is 1. The standard InChI is InChI=1S/C9H16O4/c10-7-3-1-6(5-8(7)11)2-4-9(12)13/h6-8,10-11H,1-5H2,(H,12,13). The van der Waals surface area contributed by atoms with E-state index in [1.165, 1.54) is 0 Å². The lowest BCUT2D eigenvalue weighted by atomic mass is 9.83. The van der Waals surface area contributed by atoms with Crippen molar-refractivity contribution in [3.8, 4) is 0 Å². The molecule has 0 spiro atoms. The summed E-state index contributed by atoms with van der Waals surface area (Å²) in [6.07, 6.45) is 1.45. The van der Waals surface area contributed by atoms with Crippen LogP contribution in [-0.4, -0.2) is 33.5 Å². The normalized spacial score (nSPS) is 34.5. The Morgan fingerprint density at radius 1 is 1.23 bits per heavy atom. The molecule has 4 heteroatoms. The zero-order valence-corrected chi connectivity index (χ0v) is 7.52. The van der Waals surface area contributed by atoms with E-state index in [1.807, 2.05) is 0 Å². The first-order valence-electron chi connectivity index (χ1n) is 4.67. The van der Waals surface area contributed by atoms with Gasteiger partial charge in [-0.2, -0.15) is 0 Å². The van der Waals surface area contributed by atoms with E-state index in [0.717, 1.165) is 6.42 Å². The summed E-state index contributed by atoms with van der Waals surface area (Å²) in [6, 6.07) is 0. The summed E-state index contributed by atoms with van der Waals surface area (Å²) in [6.45, 7) is 0. The van der Waals surface area contributed by atoms with Crippen LogP contribution >= 0.6 is 0 Å². The lowest BCUT2D eigenvalue weighted by Gasteiger charge is -2.29. The summed E-state index contributed by atoms with van der Waals surface area (Å²) >= 11 is 0. The number of carboxylic acid groups (broad SMARTS) is 1. The highest BCUT2D eigenvalue weighted by atomic mass is 16.4. The topological polar surface area (TPSA) is 77.8 Å². The Morgan fingerprint density at radius 3 is 2.46 bits per heavy atom. The Morgan fingerprint density at radius 2 is 1.92 bits per heavy atom. The van der Waals surface area contributed by atoms with E-state index in [0.29, 0.717) is 19.3 Å². The van der Waals surface area contributed by atoms with Gasteiger partial charge >= 0.3 is 5.97 Å². The first-order chi connectivity index (χ1) is 6.09. The molecule has 4 nitrogen and oxygen atoms in total. The maximum Gasteiger partial charge on any atom is 0.303 e. The minimum absolute atomic E-state index is 0.160. The van der Waals surface area contributed by atoms with Crippen molar-refractivity contribution in [2.24, 2.45) is 5.92 Å². The van der Waals surface area contributed by atoms with Crippen molar-refractivity contribution >= 4 is 5.97 Å². The molecule has 76 valence electrons. The van der Waals surface area contributed by atoms with Crippen molar-refractivity contribution in [3.63, 3.8) is 0 Å². The van der Waals surface area contributed by atoms with Gasteiger partial charge in [0.25, 0.3) is 0 Å². The summed E-state index contributed by atoms with van der Waals surface area (Å²) in [5.41, 5.74) is 0. The van der Waals surface area contributed by atoms with Crippen molar-refractivity contribution in [1.29, 1.82) is 0 Å². The van der Waals surface area contributed by atoms with Crippen LogP contribution in [0.3, 0.4) is 0 Å². The highest BCUT2D eigenvalue weighted by molar-refractivity contribution is 5.66. The Balaban J connectivity index is 2.25. The summed E-state index contributed by atoms with van der Waals surface area (Å²) in [7, 11) is 0. The third kappa shape index (κ3) is 3.32. The van der Waals surface area contributed by atoms with E-state index >= 15 is 0 Å². The third-order valence-corrected chi connectivity index (χ3v) is 2.66. The van der Waals surface area contributed by atoms with Gasteiger partial charge in [0, 0.05) is 6.42 Å². The van der Waals surface area contributed by atoms with Gasteiger partial charge in [0.15, 0.2) is 0 Å².